The Kier molecular flexibility index (Phi) is 4.67. The number of nitrogens with zero attached hydrogens (tertiary/aromatic N) is 1. The van der Waals surface area contributed by atoms with Crippen LogP contribution in [0.25, 0.3) is 11.3 Å². The Morgan fingerprint density at radius 2 is 1.89 bits per heavy atom. The van der Waals surface area contributed by atoms with E-state index in [-0.39, 0.29) is 17.5 Å². The van der Waals surface area contributed by atoms with E-state index in [2.05, 4.69) is 15.6 Å². The second-order valence-electron chi connectivity index (χ2n) is 5.68. The molecule has 0 aliphatic carbocycles. The van der Waals surface area contributed by atoms with Crippen LogP contribution in [0, 0.1) is 5.82 Å². The van der Waals surface area contributed by atoms with Crippen LogP contribution in [0.5, 0.6) is 0 Å². The van der Waals surface area contributed by atoms with Gasteiger partial charge in [0.25, 0.3) is 5.91 Å². The number of halogens is 1. The van der Waals surface area contributed by atoms with Crippen molar-refractivity contribution in [2.24, 2.45) is 0 Å². The summed E-state index contributed by atoms with van der Waals surface area (Å²) in [5.41, 5.74) is 3.01. The number of anilines is 3. The summed E-state index contributed by atoms with van der Waals surface area (Å²) in [7, 11) is 0. The van der Waals surface area contributed by atoms with Crippen LogP contribution in [0.4, 0.5) is 20.9 Å². The van der Waals surface area contributed by atoms with Crippen molar-refractivity contribution in [1.29, 1.82) is 0 Å². The molecule has 5 nitrogen and oxygen atoms in total. The second kappa shape index (κ2) is 7.43. The van der Waals surface area contributed by atoms with E-state index in [4.69, 9.17) is 4.42 Å². The highest BCUT2D eigenvalue weighted by atomic mass is 32.1. The zero-order chi connectivity index (χ0) is 18.6. The molecule has 27 heavy (non-hydrogen) atoms. The van der Waals surface area contributed by atoms with Gasteiger partial charge >= 0.3 is 0 Å². The van der Waals surface area contributed by atoms with Crippen molar-refractivity contribution in [2.75, 3.05) is 10.6 Å². The molecule has 0 aliphatic rings. The van der Waals surface area contributed by atoms with E-state index < -0.39 is 0 Å². The zero-order valence-electron chi connectivity index (χ0n) is 14.0. The van der Waals surface area contributed by atoms with Gasteiger partial charge in [0.15, 0.2) is 10.9 Å². The van der Waals surface area contributed by atoms with Crippen LogP contribution in [-0.4, -0.2) is 10.9 Å². The van der Waals surface area contributed by atoms with Crippen molar-refractivity contribution in [2.45, 2.75) is 0 Å². The monoisotopic (exact) mass is 379 g/mol. The highest BCUT2D eigenvalue weighted by Gasteiger charge is 2.09. The van der Waals surface area contributed by atoms with Gasteiger partial charge in [0.05, 0.1) is 12.0 Å². The van der Waals surface area contributed by atoms with Crippen molar-refractivity contribution in [3.63, 3.8) is 0 Å². The number of amides is 1. The molecule has 0 atom stereocenters. The third-order valence-electron chi connectivity index (χ3n) is 3.76. The first-order chi connectivity index (χ1) is 13.2. The van der Waals surface area contributed by atoms with Crippen LogP contribution >= 0.6 is 11.3 Å². The van der Waals surface area contributed by atoms with Gasteiger partial charge in [0, 0.05) is 22.3 Å². The maximum atomic E-state index is 13.3. The standard InChI is InChI=1S/C20H14FN3O2S/c21-14-3-1-4-16(11-14)23-20-24-17(12-27-20)13-6-8-15(9-7-13)22-19(25)18-5-2-10-26-18/h1-12H,(H,22,25)(H,23,24). The van der Waals surface area contributed by atoms with Gasteiger partial charge in [-0.1, -0.05) is 18.2 Å². The Balaban J connectivity index is 1.45. The summed E-state index contributed by atoms with van der Waals surface area (Å²) in [6, 6.07) is 16.8. The number of hydrogen-bond donors (Lipinski definition) is 2. The molecule has 0 bridgehead atoms. The minimum Gasteiger partial charge on any atom is -0.459 e. The van der Waals surface area contributed by atoms with Crippen LogP contribution in [0.3, 0.4) is 0 Å². The van der Waals surface area contributed by atoms with Crippen molar-refractivity contribution >= 4 is 33.8 Å². The summed E-state index contributed by atoms with van der Waals surface area (Å²) in [5, 5.41) is 8.44. The molecule has 2 heterocycles. The number of thiazole rings is 1. The van der Waals surface area contributed by atoms with Crippen LogP contribution in [0.2, 0.25) is 0 Å². The predicted molar refractivity (Wildman–Crippen MR) is 104 cm³/mol. The van der Waals surface area contributed by atoms with Gasteiger partial charge in [-0.25, -0.2) is 9.37 Å². The molecule has 0 fully saturated rings. The molecule has 7 heteroatoms. The molecular formula is C20H14FN3O2S. The highest BCUT2D eigenvalue weighted by Crippen LogP contribution is 2.28. The van der Waals surface area contributed by atoms with Crippen molar-refractivity contribution in [1.82, 2.24) is 4.98 Å². The average Bonchev–Trinajstić information content (AvgIpc) is 3.34. The molecule has 4 rings (SSSR count). The number of aromatic nitrogens is 1. The first-order valence-corrected chi connectivity index (χ1v) is 8.99. The van der Waals surface area contributed by atoms with Crippen LogP contribution in [0.1, 0.15) is 10.6 Å². The Bertz CT molecular complexity index is 1060. The molecule has 0 radical (unpaired) electrons. The lowest BCUT2D eigenvalue weighted by molar-refractivity contribution is 0.0996. The maximum Gasteiger partial charge on any atom is 0.291 e. The molecule has 0 unspecified atom stereocenters. The summed E-state index contributed by atoms with van der Waals surface area (Å²) >= 11 is 1.43. The van der Waals surface area contributed by atoms with E-state index in [1.165, 1.54) is 29.7 Å². The lowest BCUT2D eigenvalue weighted by Gasteiger charge is -2.04. The van der Waals surface area contributed by atoms with Gasteiger partial charge in [-0.05, 0) is 42.5 Å². The molecule has 134 valence electrons. The topological polar surface area (TPSA) is 67.2 Å². The lowest BCUT2D eigenvalue weighted by Crippen LogP contribution is -2.10. The Morgan fingerprint density at radius 3 is 2.63 bits per heavy atom. The number of carbonyl (C=O) groups is 1. The van der Waals surface area contributed by atoms with Crippen molar-refractivity contribution in [3.8, 4) is 11.3 Å². The SMILES string of the molecule is O=C(Nc1ccc(-c2csc(Nc3cccc(F)c3)n2)cc1)c1ccco1. The fraction of sp³-hybridized carbons (Fsp3) is 0. The molecule has 0 saturated carbocycles. The number of carbonyl (C=O) groups excluding carboxylic acids is 1. The summed E-state index contributed by atoms with van der Waals surface area (Å²) < 4.78 is 18.3. The van der Waals surface area contributed by atoms with E-state index in [1.807, 2.05) is 17.5 Å². The van der Waals surface area contributed by atoms with Gasteiger partial charge in [-0.2, -0.15) is 0 Å². The third-order valence-corrected chi connectivity index (χ3v) is 4.52. The number of benzene rings is 2. The van der Waals surface area contributed by atoms with E-state index in [0.717, 1.165) is 11.3 Å². The molecule has 2 N–H and O–H groups in total. The normalized spacial score (nSPS) is 10.6. The Morgan fingerprint density at radius 1 is 1.04 bits per heavy atom. The van der Waals surface area contributed by atoms with Crippen molar-refractivity contribution < 1.29 is 13.6 Å². The lowest BCUT2D eigenvalue weighted by atomic mass is 10.1. The third kappa shape index (κ3) is 4.04. The van der Waals surface area contributed by atoms with Gasteiger partial charge in [-0.3, -0.25) is 4.79 Å². The first-order valence-electron chi connectivity index (χ1n) is 8.11. The first kappa shape index (κ1) is 17.0. The van der Waals surface area contributed by atoms with Crippen LogP contribution in [0.15, 0.2) is 76.7 Å². The molecule has 2 aromatic heterocycles. The summed E-state index contributed by atoms with van der Waals surface area (Å²) in [4.78, 5) is 16.5. The number of nitrogens with one attached hydrogen (secondary N) is 2. The predicted octanol–water partition coefficient (Wildman–Crippen LogP) is 5.54. The maximum absolute atomic E-state index is 13.3. The summed E-state index contributed by atoms with van der Waals surface area (Å²) in [5.74, 6) is -0.349. The molecule has 0 saturated heterocycles. The van der Waals surface area contributed by atoms with Gasteiger partial charge in [0.2, 0.25) is 0 Å². The van der Waals surface area contributed by atoms with Crippen molar-refractivity contribution in [3.05, 3.63) is 83.9 Å². The Hall–Kier alpha value is -3.45. The summed E-state index contributed by atoms with van der Waals surface area (Å²) in [6.45, 7) is 0. The minimum absolute atomic E-state index is 0.256. The number of furan rings is 1. The van der Waals surface area contributed by atoms with Gasteiger partial charge in [-0.15, -0.1) is 11.3 Å². The number of hydrogen-bond acceptors (Lipinski definition) is 5. The van der Waals surface area contributed by atoms with E-state index in [9.17, 15) is 9.18 Å². The van der Waals surface area contributed by atoms with Gasteiger partial charge in [0.1, 0.15) is 5.82 Å². The molecule has 1 amide bonds. The van der Waals surface area contributed by atoms with E-state index >= 15 is 0 Å². The molecule has 0 aliphatic heterocycles. The van der Waals surface area contributed by atoms with Crippen LogP contribution in [-0.2, 0) is 0 Å². The molecule has 2 aromatic carbocycles. The molecule has 0 spiro atoms. The quantitative estimate of drug-likeness (QED) is 0.478. The fourth-order valence-electron chi connectivity index (χ4n) is 2.48. The average molecular weight is 379 g/mol. The smallest absolute Gasteiger partial charge is 0.291 e. The van der Waals surface area contributed by atoms with E-state index in [1.54, 1.807) is 36.4 Å². The zero-order valence-corrected chi connectivity index (χ0v) is 14.8. The fourth-order valence-corrected chi connectivity index (χ4v) is 3.22. The van der Waals surface area contributed by atoms with Crippen LogP contribution < -0.4 is 10.6 Å². The van der Waals surface area contributed by atoms with Gasteiger partial charge < -0.3 is 15.1 Å². The largest absolute Gasteiger partial charge is 0.459 e. The minimum atomic E-state index is -0.303. The second-order valence-corrected chi connectivity index (χ2v) is 6.54. The number of rotatable bonds is 5. The molecular weight excluding hydrogens is 365 g/mol. The van der Waals surface area contributed by atoms with E-state index in [0.29, 0.717) is 16.5 Å². The molecule has 4 aromatic rings. The summed E-state index contributed by atoms with van der Waals surface area (Å²) in [6.07, 6.45) is 1.45. The highest BCUT2D eigenvalue weighted by molar-refractivity contribution is 7.14. The Labute approximate surface area is 158 Å².